The van der Waals surface area contributed by atoms with Crippen LogP contribution in [0.5, 0.6) is 0 Å². The van der Waals surface area contributed by atoms with Crippen LogP contribution in [0.15, 0.2) is 24.3 Å². The molecule has 0 fully saturated rings. The van der Waals surface area contributed by atoms with Crippen molar-refractivity contribution >= 4 is 17.4 Å². The molecule has 0 heterocycles. The molecular formula is C15H22N2O2. The van der Waals surface area contributed by atoms with Gasteiger partial charge in [-0.1, -0.05) is 13.8 Å². The molecule has 0 aliphatic heterocycles. The van der Waals surface area contributed by atoms with Crippen LogP contribution in [0.4, 0.5) is 5.69 Å². The van der Waals surface area contributed by atoms with Crippen LogP contribution in [-0.2, 0) is 4.79 Å². The molecule has 0 aliphatic rings. The molecule has 0 aromatic heterocycles. The Morgan fingerprint density at radius 2 is 1.79 bits per heavy atom. The first-order valence-corrected chi connectivity index (χ1v) is 6.57. The lowest BCUT2D eigenvalue weighted by molar-refractivity contribution is -0.117. The summed E-state index contributed by atoms with van der Waals surface area (Å²) in [6.07, 6.45) is 0.917. The number of carbonyl (C=O) groups excluding carboxylic acids is 2. The summed E-state index contributed by atoms with van der Waals surface area (Å²) >= 11 is 0. The molecule has 1 amide bonds. The van der Waals surface area contributed by atoms with E-state index < -0.39 is 0 Å². The number of benzene rings is 1. The number of nitrogens with zero attached hydrogens (tertiary/aromatic N) is 1. The SMILES string of the molecule is CC(=O)c1ccc(N(CCC(C)C)C(=O)CN)cc1. The Morgan fingerprint density at radius 3 is 2.21 bits per heavy atom. The normalized spacial score (nSPS) is 10.6. The number of rotatable bonds is 6. The van der Waals surface area contributed by atoms with E-state index in [9.17, 15) is 9.59 Å². The number of hydrogen-bond acceptors (Lipinski definition) is 3. The number of hydrogen-bond donors (Lipinski definition) is 1. The average molecular weight is 262 g/mol. The van der Waals surface area contributed by atoms with E-state index in [1.165, 1.54) is 6.92 Å². The molecule has 4 heteroatoms. The molecule has 0 saturated carbocycles. The Balaban J connectivity index is 2.90. The summed E-state index contributed by atoms with van der Waals surface area (Å²) in [6.45, 7) is 6.39. The quantitative estimate of drug-likeness (QED) is 0.800. The molecule has 0 atom stereocenters. The van der Waals surface area contributed by atoms with Gasteiger partial charge in [-0.2, -0.15) is 0 Å². The average Bonchev–Trinajstić information content (AvgIpc) is 2.38. The first-order valence-electron chi connectivity index (χ1n) is 6.57. The minimum absolute atomic E-state index is 0.00739. The Morgan fingerprint density at radius 1 is 1.21 bits per heavy atom. The summed E-state index contributed by atoms with van der Waals surface area (Å²) < 4.78 is 0. The molecule has 0 unspecified atom stereocenters. The molecule has 0 aliphatic carbocycles. The van der Waals surface area contributed by atoms with E-state index in [4.69, 9.17) is 5.73 Å². The maximum Gasteiger partial charge on any atom is 0.240 e. The van der Waals surface area contributed by atoms with Gasteiger partial charge in [-0.25, -0.2) is 0 Å². The van der Waals surface area contributed by atoms with Crippen LogP contribution < -0.4 is 10.6 Å². The second-order valence-electron chi connectivity index (χ2n) is 5.04. The lowest BCUT2D eigenvalue weighted by Crippen LogP contribution is -2.37. The molecule has 0 bridgehead atoms. The third-order valence-corrected chi connectivity index (χ3v) is 2.99. The topological polar surface area (TPSA) is 63.4 Å². The number of Topliss-reactive ketones (excluding diaryl/α,β-unsaturated/α-hetero) is 1. The van der Waals surface area contributed by atoms with Crippen molar-refractivity contribution in [1.29, 1.82) is 0 Å². The number of amides is 1. The van der Waals surface area contributed by atoms with Crippen molar-refractivity contribution in [2.45, 2.75) is 27.2 Å². The van der Waals surface area contributed by atoms with Crippen LogP contribution in [0.3, 0.4) is 0 Å². The molecule has 104 valence electrons. The maximum atomic E-state index is 11.9. The molecule has 0 spiro atoms. The van der Waals surface area contributed by atoms with E-state index in [0.717, 1.165) is 12.1 Å². The Bertz CT molecular complexity index is 438. The summed E-state index contributed by atoms with van der Waals surface area (Å²) in [7, 11) is 0. The third kappa shape index (κ3) is 4.48. The third-order valence-electron chi connectivity index (χ3n) is 2.99. The van der Waals surface area contributed by atoms with Crippen molar-refractivity contribution in [3.8, 4) is 0 Å². The lowest BCUT2D eigenvalue weighted by Gasteiger charge is -2.23. The fourth-order valence-corrected chi connectivity index (χ4v) is 1.77. The minimum Gasteiger partial charge on any atom is -0.322 e. The zero-order chi connectivity index (χ0) is 14.4. The van der Waals surface area contributed by atoms with Gasteiger partial charge < -0.3 is 10.6 Å². The number of carbonyl (C=O) groups is 2. The summed E-state index contributed by atoms with van der Waals surface area (Å²) in [6, 6.07) is 7.07. The minimum atomic E-state index is -0.101. The first-order chi connectivity index (χ1) is 8.95. The highest BCUT2D eigenvalue weighted by Crippen LogP contribution is 2.17. The van der Waals surface area contributed by atoms with E-state index in [2.05, 4.69) is 13.8 Å². The van der Waals surface area contributed by atoms with Crippen LogP contribution in [0.25, 0.3) is 0 Å². The van der Waals surface area contributed by atoms with Crippen molar-refractivity contribution in [2.75, 3.05) is 18.0 Å². The largest absolute Gasteiger partial charge is 0.322 e. The molecule has 2 N–H and O–H groups in total. The van der Waals surface area contributed by atoms with E-state index >= 15 is 0 Å². The van der Waals surface area contributed by atoms with Gasteiger partial charge in [0.1, 0.15) is 0 Å². The molecule has 0 saturated heterocycles. The predicted molar refractivity (Wildman–Crippen MR) is 77.3 cm³/mol. The fraction of sp³-hybridized carbons (Fsp3) is 0.467. The Hall–Kier alpha value is -1.68. The molecule has 1 rings (SSSR count). The second-order valence-corrected chi connectivity index (χ2v) is 5.04. The molecule has 4 nitrogen and oxygen atoms in total. The first kappa shape index (κ1) is 15.4. The summed E-state index contributed by atoms with van der Waals surface area (Å²) in [5.74, 6) is 0.436. The Labute approximate surface area is 114 Å². The van der Waals surface area contributed by atoms with Gasteiger partial charge >= 0.3 is 0 Å². The Kier molecular flexibility index (Phi) is 5.70. The van der Waals surface area contributed by atoms with Crippen LogP contribution in [0.1, 0.15) is 37.6 Å². The van der Waals surface area contributed by atoms with Crippen molar-refractivity contribution < 1.29 is 9.59 Å². The molecule has 1 aromatic rings. The van der Waals surface area contributed by atoms with Crippen LogP contribution in [-0.4, -0.2) is 24.8 Å². The fourth-order valence-electron chi connectivity index (χ4n) is 1.77. The van der Waals surface area contributed by atoms with Crippen LogP contribution in [0.2, 0.25) is 0 Å². The standard InChI is InChI=1S/C15H22N2O2/c1-11(2)8-9-17(15(19)10-16)14-6-4-13(5-7-14)12(3)18/h4-7,11H,8-10,16H2,1-3H3. The van der Waals surface area contributed by atoms with Crippen LogP contribution >= 0.6 is 0 Å². The van der Waals surface area contributed by atoms with Crippen molar-refractivity contribution in [1.82, 2.24) is 0 Å². The smallest absolute Gasteiger partial charge is 0.240 e. The highest BCUT2D eigenvalue weighted by molar-refractivity contribution is 5.97. The van der Waals surface area contributed by atoms with Gasteiger partial charge in [0, 0.05) is 17.8 Å². The highest BCUT2D eigenvalue weighted by atomic mass is 16.2. The van der Waals surface area contributed by atoms with E-state index in [1.807, 2.05) is 0 Å². The number of nitrogens with two attached hydrogens (primary N) is 1. The van der Waals surface area contributed by atoms with Crippen LogP contribution in [0, 0.1) is 5.92 Å². The van der Waals surface area contributed by atoms with Gasteiger partial charge in [0.15, 0.2) is 5.78 Å². The maximum absolute atomic E-state index is 11.9. The zero-order valence-electron chi connectivity index (χ0n) is 11.8. The molecule has 0 radical (unpaired) electrons. The van der Waals surface area contributed by atoms with Gasteiger partial charge in [0.2, 0.25) is 5.91 Å². The number of ketones is 1. The van der Waals surface area contributed by atoms with E-state index in [-0.39, 0.29) is 18.2 Å². The lowest BCUT2D eigenvalue weighted by atomic mass is 10.1. The van der Waals surface area contributed by atoms with Gasteiger partial charge in [-0.05, 0) is 43.5 Å². The van der Waals surface area contributed by atoms with E-state index in [1.54, 1.807) is 29.2 Å². The second kappa shape index (κ2) is 7.04. The van der Waals surface area contributed by atoms with Gasteiger partial charge in [0.25, 0.3) is 0 Å². The van der Waals surface area contributed by atoms with Gasteiger partial charge in [0.05, 0.1) is 6.54 Å². The van der Waals surface area contributed by atoms with Crippen molar-refractivity contribution in [3.63, 3.8) is 0 Å². The summed E-state index contributed by atoms with van der Waals surface area (Å²) in [5, 5.41) is 0. The van der Waals surface area contributed by atoms with E-state index in [0.29, 0.717) is 18.0 Å². The van der Waals surface area contributed by atoms with Crippen molar-refractivity contribution in [3.05, 3.63) is 29.8 Å². The molecule has 1 aromatic carbocycles. The monoisotopic (exact) mass is 262 g/mol. The summed E-state index contributed by atoms with van der Waals surface area (Å²) in [5.41, 5.74) is 6.89. The molecule has 19 heavy (non-hydrogen) atoms. The van der Waals surface area contributed by atoms with Gasteiger partial charge in [-0.3, -0.25) is 9.59 Å². The van der Waals surface area contributed by atoms with Crippen molar-refractivity contribution in [2.24, 2.45) is 11.7 Å². The summed E-state index contributed by atoms with van der Waals surface area (Å²) in [4.78, 5) is 24.8. The predicted octanol–water partition coefficient (Wildman–Crippen LogP) is 2.23. The molecular weight excluding hydrogens is 240 g/mol. The van der Waals surface area contributed by atoms with Gasteiger partial charge in [-0.15, -0.1) is 0 Å². The zero-order valence-corrected chi connectivity index (χ0v) is 11.8. The number of anilines is 1. The highest BCUT2D eigenvalue weighted by Gasteiger charge is 2.14.